The molecular weight excluding hydrogens is 354 g/mol. The molecule has 0 aliphatic rings. The predicted octanol–water partition coefficient (Wildman–Crippen LogP) is 1.34. The molecule has 7 nitrogen and oxygen atoms in total. The van der Waals surface area contributed by atoms with Gasteiger partial charge in [0.05, 0.1) is 23.6 Å². The Balaban J connectivity index is 1.92. The second kappa shape index (κ2) is 8.09. The molecule has 0 aliphatic carbocycles. The molecule has 128 valence electrons. The first-order chi connectivity index (χ1) is 11.4. The molecule has 24 heavy (non-hydrogen) atoms. The summed E-state index contributed by atoms with van der Waals surface area (Å²) in [6.07, 6.45) is 3.24. The van der Waals surface area contributed by atoms with Gasteiger partial charge < -0.3 is 10.1 Å². The standard InChI is InChI=1S/C15H16ClN3O4S/c1-23-14-5-4-12(7-13(14)16)24(21,22)19-10-15(20)18-9-11-3-2-6-17-8-11/h2-8,19H,9-10H2,1H3,(H,18,20). The molecule has 2 N–H and O–H groups in total. The van der Waals surface area contributed by atoms with Crippen LogP contribution in [-0.4, -0.2) is 33.0 Å². The van der Waals surface area contributed by atoms with E-state index in [1.165, 1.54) is 25.3 Å². The quantitative estimate of drug-likeness (QED) is 0.767. The molecule has 0 radical (unpaired) electrons. The molecule has 0 unspecified atom stereocenters. The highest BCUT2D eigenvalue weighted by atomic mass is 35.5. The molecule has 0 spiro atoms. The predicted molar refractivity (Wildman–Crippen MR) is 89.3 cm³/mol. The summed E-state index contributed by atoms with van der Waals surface area (Å²) in [4.78, 5) is 15.6. The number of nitrogens with one attached hydrogen (secondary N) is 2. The van der Waals surface area contributed by atoms with Crippen molar-refractivity contribution in [2.24, 2.45) is 0 Å². The lowest BCUT2D eigenvalue weighted by Gasteiger charge is -2.09. The van der Waals surface area contributed by atoms with Crippen LogP contribution in [0.1, 0.15) is 5.56 Å². The normalized spacial score (nSPS) is 11.1. The van der Waals surface area contributed by atoms with Gasteiger partial charge >= 0.3 is 0 Å². The largest absolute Gasteiger partial charge is 0.495 e. The van der Waals surface area contributed by atoms with Gasteiger partial charge in [0.15, 0.2) is 0 Å². The van der Waals surface area contributed by atoms with E-state index in [1.54, 1.807) is 24.5 Å². The molecule has 2 rings (SSSR count). The van der Waals surface area contributed by atoms with Crippen molar-refractivity contribution in [2.75, 3.05) is 13.7 Å². The van der Waals surface area contributed by atoms with Crippen molar-refractivity contribution in [1.82, 2.24) is 15.0 Å². The summed E-state index contributed by atoms with van der Waals surface area (Å²) in [7, 11) is -2.42. The van der Waals surface area contributed by atoms with Crippen LogP contribution in [0.15, 0.2) is 47.6 Å². The first-order valence-corrected chi connectivity index (χ1v) is 8.77. The first kappa shape index (κ1) is 18.2. The van der Waals surface area contributed by atoms with Gasteiger partial charge in [-0.2, -0.15) is 0 Å². The summed E-state index contributed by atoms with van der Waals surface area (Å²) < 4.78 is 31.5. The van der Waals surface area contributed by atoms with Gasteiger partial charge in [0, 0.05) is 18.9 Å². The fourth-order valence-electron chi connectivity index (χ4n) is 1.82. The van der Waals surface area contributed by atoms with Gasteiger partial charge in [-0.15, -0.1) is 0 Å². The van der Waals surface area contributed by atoms with Crippen molar-refractivity contribution >= 4 is 27.5 Å². The molecule has 1 amide bonds. The molecule has 0 aliphatic heterocycles. The summed E-state index contributed by atoms with van der Waals surface area (Å²) in [5, 5.41) is 2.77. The minimum atomic E-state index is -3.85. The minimum absolute atomic E-state index is 0.0478. The van der Waals surface area contributed by atoms with Crippen LogP contribution in [0.2, 0.25) is 5.02 Å². The van der Waals surface area contributed by atoms with E-state index in [-0.39, 0.29) is 23.0 Å². The van der Waals surface area contributed by atoms with Crippen LogP contribution in [0, 0.1) is 0 Å². The van der Waals surface area contributed by atoms with Crippen LogP contribution in [0.25, 0.3) is 0 Å². The lowest BCUT2D eigenvalue weighted by Crippen LogP contribution is -2.36. The van der Waals surface area contributed by atoms with Crippen molar-refractivity contribution in [2.45, 2.75) is 11.4 Å². The SMILES string of the molecule is COc1ccc(S(=O)(=O)NCC(=O)NCc2cccnc2)cc1Cl. The monoisotopic (exact) mass is 369 g/mol. The molecule has 0 fully saturated rings. The number of hydrogen-bond donors (Lipinski definition) is 2. The zero-order valence-electron chi connectivity index (χ0n) is 12.8. The third-order valence-corrected chi connectivity index (χ3v) is 4.76. The highest BCUT2D eigenvalue weighted by molar-refractivity contribution is 7.89. The minimum Gasteiger partial charge on any atom is -0.495 e. The van der Waals surface area contributed by atoms with Crippen LogP contribution in [-0.2, 0) is 21.4 Å². The molecule has 0 atom stereocenters. The van der Waals surface area contributed by atoms with Crippen molar-refractivity contribution in [3.05, 3.63) is 53.3 Å². The smallest absolute Gasteiger partial charge is 0.241 e. The summed E-state index contributed by atoms with van der Waals surface area (Å²) >= 11 is 5.91. The number of carbonyl (C=O) groups is 1. The number of carbonyl (C=O) groups excluding carboxylic acids is 1. The van der Waals surface area contributed by atoms with E-state index in [1.807, 2.05) is 0 Å². The number of rotatable bonds is 7. The summed E-state index contributed by atoms with van der Waals surface area (Å²) in [6, 6.07) is 7.60. The van der Waals surface area contributed by atoms with Gasteiger partial charge in [-0.05, 0) is 29.8 Å². The third-order valence-electron chi connectivity index (χ3n) is 3.07. The van der Waals surface area contributed by atoms with E-state index in [0.717, 1.165) is 5.56 Å². The highest BCUT2D eigenvalue weighted by Crippen LogP contribution is 2.26. The van der Waals surface area contributed by atoms with Gasteiger partial charge in [0.2, 0.25) is 15.9 Å². The number of ether oxygens (including phenoxy) is 1. The maximum Gasteiger partial charge on any atom is 0.241 e. The fraction of sp³-hybridized carbons (Fsp3) is 0.200. The number of amides is 1. The number of aromatic nitrogens is 1. The highest BCUT2D eigenvalue weighted by Gasteiger charge is 2.17. The number of nitrogens with zero attached hydrogens (tertiary/aromatic N) is 1. The van der Waals surface area contributed by atoms with E-state index < -0.39 is 15.9 Å². The molecule has 1 aromatic carbocycles. The molecule has 1 heterocycles. The van der Waals surface area contributed by atoms with Crippen molar-refractivity contribution in [3.63, 3.8) is 0 Å². The summed E-state index contributed by atoms with van der Waals surface area (Å²) in [5.41, 5.74) is 0.815. The molecule has 2 aromatic rings. The van der Waals surface area contributed by atoms with Gasteiger partial charge in [0.1, 0.15) is 5.75 Å². The Bertz CT molecular complexity index is 813. The maximum atomic E-state index is 12.2. The number of benzene rings is 1. The molecule has 0 saturated carbocycles. The lowest BCUT2D eigenvalue weighted by atomic mass is 10.3. The van der Waals surface area contributed by atoms with Crippen molar-refractivity contribution in [1.29, 1.82) is 0 Å². The Labute approximate surface area is 145 Å². The number of methoxy groups -OCH3 is 1. The van der Waals surface area contributed by atoms with Crippen molar-refractivity contribution < 1.29 is 17.9 Å². The van der Waals surface area contributed by atoms with E-state index in [9.17, 15) is 13.2 Å². The number of hydrogen-bond acceptors (Lipinski definition) is 5. The lowest BCUT2D eigenvalue weighted by molar-refractivity contribution is -0.120. The van der Waals surface area contributed by atoms with Crippen molar-refractivity contribution in [3.8, 4) is 5.75 Å². The second-order valence-electron chi connectivity index (χ2n) is 4.76. The Morgan fingerprint density at radius 3 is 2.75 bits per heavy atom. The van der Waals surface area contributed by atoms with Gasteiger partial charge in [-0.3, -0.25) is 9.78 Å². The van der Waals surface area contributed by atoms with Crippen LogP contribution in [0.5, 0.6) is 5.75 Å². The Morgan fingerprint density at radius 2 is 2.12 bits per heavy atom. The van der Waals surface area contributed by atoms with Gasteiger partial charge in [-0.25, -0.2) is 13.1 Å². The zero-order chi connectivity index (χ0) is 17.6. The van der Waals surface area contributed by atoms with Crippen LogP contribution in [0.3, 0.4) is 0 Å². The van der Waals surface area contributed by atoms with E-state index in [4.69, 9.17) is 16.3 Å². The molecule has 9 heteroatoms. The average Bonchev–Trinajstić information content (AvgIpc) is 2.59. The van der Waals surface area contributed by atoms with E-state index >= 15 is 0 Å². The van der Waals surface area contributed by atoms with Crippen LogP contribution >= 0.6 is 11.6 Å². The third kappa shape index (κ3) is 4.92. The van der Waals surface area contributed by atoms with Crippen LogP contribution in [0.4, 0.5) is 0 Å². The zero-order valence-corrected chi connectivity index (χ0v) is 14.4. The second-order valence-corrected chi connectivity index (χ2v) is 6.93. The van der Waals surface area contributed by atoms with Gasteiger partial charge in [-0.1, -0.05) is 17.7 Å². The Kier molecular flexibility index (Phi) is 6.13. The summed E-state index contributed by atoms with van der Waals surface area (Å²) in [6.45, 7) is -0.116. The molecule has 1 aromatic heterocycles. The maximum absolute atomic E-state index is 12.2. The van der Waals surface area contributed by atoms with E-state index in [0.29, 0.717) is 5.75 Å². The van der Waals surface area contributed by atoms with Crippen LogP contribution < -0.4 is 14.8 Å². The summed E-state index contributed by atoms with van der Waals surface area (Å²) in [5.74, 6) is -0.0909. The van der Waals surface area contributed by atoms with Gasteiger partial charge in [0.25, 0.3) is 0 Å². The topological polar surface area (TPSA) is 97.4 Å². The van der Waals surface area contributed by atoms with E-state index in [2.05, 4.69) is 15.0 Å². The number of sulfonamides is 1. The fourth-order valence-corrected chi connectivity index (χ4v) is 3.15. The molecule has 0 bridgehead atoms. The molecular formula is C15H16ClN3O4S. The number of pyridine rings is 1. The molecule has 0 saturated heterocycles. The first-order valence-electron chi connectivity index (χ1n) is 6.91. The number of halogens is 1. The Morgan fingerprint density at radius 1 is 1.33 bits per heavy atom. The Hall–Kier alpha value is -2.16. The average molecular weight is 370 g/mol.